The lowest BCUT2D eigenvalue weighted by Crippen LogP contribution is -2.59. The standard InChI is InChI=1S/C23H32N2O3/c1-15(2)16-9-6-7-10-18(16)24-19(26)11-8-14-25-20(27)17-12-13-23(5,21(25)28)22(17,3)4/h6-7,9-10,15,17H,8,11-14H2,1-5H3,(H,24,26). The maximum atomic E-state index is 13.0. The van der Waals surface area contributed by atoms with Crippen molar-refractivity contribution in [3.05, 3.63) is 29.8 Å². The van der Waals surface area contributed by atoms with E-state index in [0.717, 1.165) is 24.1 Å². The number of amides is 3. The molecule has 1 aliphatic carbocycles. The third-order valence-corrected chi connectivity index (χ3v) is 7.15. The van der Waals surface area contributed by atoms with E-state index in [9.17, 15) is 14.4 Å². The van der Waals surface area contributed by atoms with Crippen LogP contribution in [0.25, 0.3) is 0 Å². The highest BCUT2D eigenvalue weighted by Crippen LogP contribution is 2.60. The summed E-state index contributed by atoms with van der Waals surface area (Å²) in [6.07, 6.45) is 2.31. The Labute approximate surface area is 167 Å². The predicted octanol–water partition coefficient (Wildman–Crippen LogP) is 4.34. The van der Waals surface area contributed by atoms with E-state index in [2.05, 4.69) is 19.2 Å². The van der Waals surface area contributed by atoms with Gasteiger partial charge in [-0.3, -0.25) is 19.3 Å². The number of rotatable bonds is 6. The number of carbonyl (C=O) groups excluding carboxylic acids is 3. The van der Waals surface area contributed by atoms with E-state index in [1.807, 2.05) is 45.0 Å². The van der Waals surface area contributed by atoms with Gasteiger partial charge in [0, 0.05) is 24.6 Å². The maximum absolute atomic E-state index is 13.0. The van der Waals surface area contributed by atoms with Crippen LogP contribution < -0.4 is 5.32 Å². The molecule has 152 valence electrons. The number of carbonyl (C=O) groups is 3. The molecule has 0 aromatic heterocycles. The van der Waals surface area contributed by atoms with Crippen LogP contribution in [0.4, 0.5) is 5.69 Å². The van der Waals surface area contributed by atoms with Crippen molar-refractivity contribution in [3.8, 4) is 0 Å². The number of nitrogens with one attached hydrogen (secondary N) is 1. The molecule has 1 aromatic rings. The average Bonchev–Trinajstić information content (AvgIpc) is 2.82. The highest BCUT2D eigenvalue weighted by molar-refractivity contribution is 6.03. The Morgan fingerprint density at radius 3 is 2.57 bits per heavy atom. The fourth-order valence-corrected chi connectivity index (χ4v) is 4.84. The first-order valence-electron chi connectivity index (χ1n) is 10.3. The Balaban J connectivity index is 1.59. The Bertz CT molecular complexity index is 799. The highest BCUT2D eigenvalue weighted by atomic mass is 16.2. The molecular formula is C23H32N2O3. The summed E-state index contributed by atoms with van der Waals surface area (Å²) in [6.45, 7) is 10.6. The van der Waals surface area contributed by atoms with Crippen LogP contribution in [-0.2, 0) is 14.4 Å². The van der Waals surface area contributed by atoms with E-state index in [4.69, 9.17) is 0 Å². The third-order valence-electron chi connectivity index (χ3n) is 7.15. The predicted molar refractivity (Wildman–Crippen MR) is 110 cm³/mol. The van der Waals surface area contributed by atoms with Crippen molar-refractivity contribution in [1.82, 2.24) is 4.90 Å². The van der Waals surface area contributed by atoms with E-state index in [-0.39, 0.29) is 35.5 Å². The summed E-state index contributed by atoms with van der Waals surface area (Å²) >= 11 is 0. The SMILES string of the molecule is CC(C)c1ccccc1NC(=O)CCCN1C(=O)C2CCC(C)(C1=O)C2(C)C. The Morgan fingerprint density at radius 2 is 1.89 bits per heavy atom. The molecule has 1 aromatic carbocycles. The fraction of sp³-hybridized carbons (Fsp3) is 0.609. The van der Waals surface area contributed by atoms with Crippen molar-refractivity contribution < 1.29 is 14.4 Å². The van der Waals surface area contributed by atoms with Gasteiger partial charge in [-0.1, -0.05) is 52.8 Å². The van der Waals surface area contributed by atoms with E-state index < -0.39 is 5.41 Å². The number of likely N-dealkylation sites (tertiary alicyclic amines) is 1. The molecule has 1 heterocycles. The molecule has 3 amide bonds. The van der Waals surface area contributed by atoms with Gasteiger partial charge in [0.15, 0.2) is 0 Å². The zero-order chi connectivity index (χ0) is 20.7. The molecule has 1 aliphatic heterocycles. The number of hydrogen-bond donors (Lipinski definition) is 1. The highest BCUT2D eigenvalue weighted by Gasteiger charge is 2.64. The molecule has 2 fully saturated rings. The van der Waals surface area contributed by atoms with E-state index in [1.165, 1.54) is 4.90 Å². The number of anilines is 1. The first-order valence-corrected chi connectivity index (χ1v) is 10.3. The molecule has 2 aliphatic rings. The second-order valence-electron chi connectivity index (χ2n) is 9.33. The Morgan fingerprint density at radius 1 is 1.21 bits per heavy atom. The number of benzene rings is 1. The van der Waals surface area contributed by atoms with Crippen LogP contribution in [0.5, 0.6) is 0 Å². The minimum atomic E-state index is -0.482. The average molecular weight is 385 g/mol. The molecule has 3 rings (SSSR count). The van der Waals surface area contributed by atoms with Crippen LogP contribution in [0.2, 0.25) is 0 Å². The second-order valence-corrected chi connectivity index (χ2v) is 9.33. The molecule has 1 N–H and O–H groups in total. The zero-order valence-electron chi connectivity index (χ0n) is 17.7. The molecule has 1 saturated carbocycles. The maximum Gasteiger partial charge on any atom is 0.235 e. The van der Waals surface area contributed by atoms with Crippen molar-refractivity contribution in [2.45, 2.75) is 66.2 Å². The smallest absolute Gasteiger partial charge is 0.235 e. The quantitative estimate of drug-likeness (QED) is 0.742. The minimum Gasteiger partial charge on any atom is -0.326 e. The number of hydrogen-bond acceptors (Lipinski definition) is 3. The number of fused-ring (bicyclic) bond motifs is 2. The van der Waals surface area contributed by atoms with Gasteiger partial charge >= 0.3 is 0 Å². The van der Waals surface area contributed by atoms with Crippen LogP contribution >= 0.6 is 0 Å². The molecule has 0 radical (unpaired) electrons. The number of imide groups is 1. The summed E-state index contributed by atoms with van der Waals surface area (Å²) < 4.78 is 0. The number of para-hydroxylation sites is 1. The second kappa shape index (κ2) is 7.34. The van der Waals surface area contributed by atoms with Gasteiger partial charge < -0.3 is 5.32 Å². The Kier molecular flexibility index (Phi) is 5.39. The van der Waals surface area contributed by atoms with Crippen LogP contribution in [0.1, 0.15) is 71.8 Å². The van der Waals surface area contributed by atoms with Crippen LogP contribution in [0, 0.1) is 16.7 Å². The van der Waals surface area contributed by atoms with E-state index in [1.54, 1.807) is 0 Å². The summed E-state index contributed by atoms with van der Waals surface area (Å²) in [4.78, 5) is 39.7. The van der Waals surface area contributed by atoms with Crippen molar-refractivity contribution in [3.63, 3.8) is 0 Å². The van der Waals surface area contributed by atoms with Crippen LogP contribution in [0.15, 0.2) is 24.3 Å². The topological polar surface area (TPSA) is 66.5 Å². The van der Waals surface area contributed by atoms with Crippen LogP contribution in [-0.4, -0.2) is 29.2 Å². The molecule has 5 heteroatoms. The van der Waals surface area contributed by atoms with Gasteiger partial charge in [-0.15, -0.1) is 0 Å². The van der Waals surface area contributed by atoms with Gasteiger partial charge in [-0.2, -0.15) is 0 Å². The molecule has 1 saturated heterocycles. The first-order chi connectivity index (χ1) is 13.1. The van der Waals surface area contributed by atoms with E-state index in [0.29, 0.717) is 18.9 Å². The minimum absolute atomic E-state index is 0.0597. The van der Waals surface area contributed by atoms with Crippen molar-refractivity contribution in [2.24, 2.45) is 16.7 Å². The van der Waals surface area contributed by atoms with Gasteiger partial charge in [0.2, 0.25) is 17.7 Å². The van der Waals surface area contributed by atoms with E-state index >= 15 is 0 Å². The fourth-order valence-electron chi connectivity index (χ4n) is 4.84. The molecule has 5 nitrogen and oxygen atoms in total. The van der Waals surface area contributed by atoms with Crippen LogP contribution in [0.3, 0.4) is 0 Å². The van der Waals surface area contributed by atoms with Crippen molar-refractivity contribution in [2.75, 3.05) is 11.9 Å². The van der Waals surface area contributed by atoms with Gasteiger partial charge in [0.25, 0.3) is 0 Å². The summed E-state index contributed by atoms with van der Waals surface area (Å²) in [5.74, 6) is 0.0125. The monoisotopic (exact) mass is 384 g/mol. The molecular weight excluding hydrogens is 352 g/mol. The lowest BCUT2D eigenvalue weighted by Gasteiger charge is -2.47. The third kappa shape index (κ3) is 3.25. The molecule has 0 spiro atoms. The number of piperidine rings is 1. The van der Waals surface area contributed by atoms with Gasteiger partial charge in [-0.05, 0) is 42.2 Å². The zero-order valence-corrected chi connectivity index (χ0v) is 17.7. The summed E-state index contributed by atoms with van der Waals surface area (Å²) in [5, 5.41) is 2.98. The number of nitrogens with zero attached hydrogens (tertiary/aromatic N) is 1. The molecule has 28 heavy (non-hydrogen) atoms. The molecule has 2 atom stereocenters. The normalized spacial score (nSPS) is 26.1. The summed E-state index contributed by atoms with van der Waals surface area (Å²) in [5.41, 5.74) is 1.16. The molecule has 2 bridgehead atoms. The largest absolute Gasteiger partial charge is 0.326 e. The van der Waals surface area contributed by atoms with Crippen molar-refractivity contribution in [1.29, 1.82) is 0 Å². The van der Waals surface area contributed by atoms with Gasteiger partial charge in [0.1, 0.15) is 0 Å². The lowest BCUT2D eigenvalue weighted by molar-refractivity contribution is -0.168. The summed E-state index contributed by atoms with van der Waals surface area (Å²) in [7, 11) is 0. The van der Waals surface area contributed by atoms with Gasteiger partial charge in [0.05, 0.1) is 5.41 Å². The molecule has 2 unspecified atom stereocenters. The van der Waals surface area contributed by atoms with Gasteiger partial charge in [-0.25, -0.2) is 0 Å². The first kappa shape index (κ1) is 20.6. The van der Waals surface area contributed by atoms with Crippen molar-refractivity contribution >= 4 is 23.4 Å². The summed E-state index contributed by atoms with van der Waals surface area (Å²) in [6, 6.07) is 7.80. The lowest BCUT2D eigenvalue weighted by atomic mass is 9.62. The Hall–Kier alpha value is -2.17.